The Bertz CT molecular complexity index is 775. The lowest BCUT2D eigenvalue weighted by Gasteiger charge is -2.23. The second-order valence-electron chi connectivity index (χ2n) is 8.33. The quantitative estimate of drug-likeness (QED) is 0.405. The molecule has 166 valence electrons. The largest absolute Gasteiger partial charge is 0.338 e. The summed E-state index contributed by atoms with van der Waals surface area (Å²) in [5, 5.41) is 0. The molecular formula is C25H36F2N2O. The van der Waals surface area contributed by atoms with E-state index in [1.807, 2.05) is 25.7 Å². The number of hydrogen-bond acceptors (Lipinski definition) is 2. The molecule has 0 aliphatic heterocycles. The van der Waals surface area contributed by atoms with Gasteiger partial charge in [0.25, 0.3) is 11.8 Å². The average molecular weight is 419 g/mol. The molecule has 0 N–H and O–H groups in total. The molecule has 1 fully saturated rings. The molecule has 1 saturated carbocycles. The van der Waals surface area contributed by atoms with Gasteiger partial charge in [0.2, 0.25) is 0 Å². The summed E-state index contributed by atoms with van der Waals surface area (Å²) in [6.45, 7) is 11.0. The Balaban J connectivity index is 2.17. The maximum Gasteiger partial charge on any atom is 0.276 e. The Labute approximate surface area is 180 Å². The molecule has 1 aliphatic rings. The standard InChI is InChI=1S/C25H36F2N2O/c1-6-8-17-29(7-2)24(30)20(5)28-19(4)18(3)21-13-15-23(16-14-21)25(26,27)22-11-9-10-12-22/h13-16,22H,6-12,17H2,1-5H3/b19-18+,28-20?. The van der Waals surface area contributed by atoms with Crippen LogP contribution in [0.5, 0.6) is 0 Å². The van der Waals surface area contributed by atoms with E-state index in [2.05, 4.69) is 11.9 Å². The normalized spacial score (nSPS) is 16.6. The summed E-state index contributed by atoms with van der Waals surface area (Å²) in [6.07, 6.45) is 4.99. The zero-order valence-corrected chi connectivity index (χ0v) is 19.1. The number of alkyl halides is 2. The van der Waals surface area contributed by atoms with Crippen LogP contribution in [-0.4, -0.2) is 29.6 Å². The van der Waals surface area contributed by atoms with E-state index < -0.39 is 11.8 Å². The van der Waals surface area contributed by atoms with Gasteiger partial charge >= 0.3 is 0 Å². The van der Waals surface area contributed by atoms with Crippen molar-refractivity contribution in [3.63, 3.8) is 0 Å². The molecule has 0 saturated heterocycles. The predicted molar refractivity (Wildman–Crippen MR) is 121 cm³/mol. The number of benzene rings is 1. The van der Waals surface area contributed by atoms with Gasteiger partial charge in [0.05, 0.1) is 0 Å². The number of aliphatic imine (C=N–C) groups is 1. The maximum atomic E-state index is 14.7. The van der Waals surface area contributed by atoms with Crippen LogP contribution < -0.4 is 0 Å². The van der Waals surface area contributed by atoms with E-state index in [-0.39, 0.29) is 11.5 Å². The van der Waals surface area contributed by atoms with Gasteiger partial charge < -0.3 is 4.90 Å². The average Bonchev–Trinajstić information content (AvgIpc) is 3.29. The van der Waals surface area contributed by atoms with Gasteiger partial charge in [0.1, 0.15) is 5.71 Å². The number of carbonyl (C=O) groups is 1. The summed E-state index contributed by atoms with van der Waals surface area (Å²) in [4.78, 5) is 19.0. The van der Waals surface area contributed by atoms with E-state index in [4.69, 9.17) is 0 Å². The number of carbonyl (C=O) groups excluding carboxylic acids is 1. The first-order chi connectivity index (χ1) is 14.2. The first kappa shape index (κ1) is 24.2. The molecule has 0 radical (unpaired) electrons. The van der Waals surface area contributed by atoms with Crippen LogP contribution in [0.4, 0.5) is 8.78 Å². The molecule has 1 amide bonds. The third kappa shape index (κ3) is 5.77. The number of nitrogens with zero attached hydrogens (tertiary/aromatic N) is 2. The highest BCUT2D eigenvalue weighted by Crippen LogP contribution is 2.44. The number of halogens is 2. The van der Waals surface area contributed by atoms with Gasteiger partial charge in [-0.15, -0.1) is 0 Å². The van der Waals surface area contributed by atoms with Crippen LogP contribution in [0.1, 0.15) is 84.3 Å². The minimum atomic E-state index is -2.77. The van der Waals surface area contributed by atoms with Gasteiger partial charge in [-0.3, -0.25) is 9.79 Å². The first-order valence-electron chi connectivity index (χ1n) is 11.2. The van der Waals surface area contributed by atoms with Gasteiger partial charge in [-0.1, -0.05) is 50.5 Å². The van der Waals surface area contributed by atoms with Crippen LogP contribution in [0.3, 0.4) is 0 Å². The molecule has 1 aromatic rings. The molecule has 0 heterocycles. The molecule has 5 heteroatoms. The monoisotopic (exact) mass is 418 g/mol. The Kier molecular flexibility index (Phi) is 8.75. The van der Waals surface area contributed by atoms with Crippen molar-refractivity contribution in [2.75, 3.05) is 13.1 Å². The van der Waals surface area contributed by atoms with Crippen molar-refractivity contribution in [2.45, 2.75) is 79.1 Å². The van der Waals surface area contributed by atoms with Crippen molar-refractivity contribution in [1.29, 1.82) is 0 Å². The third-order valence-corrected chi connectivity index (χ3v) is 6.21. The number of hydrogen-bond donors (Lipinski definition) is 0. The van der Waals surface area contributed by atoms with Crippen LogP contribution >= 0.6 is 0 Å². The smallest absolute Gasteiger partial charge is 0.276 e. The Morgan fingerprint density at radius 2 is 1.70 bits per heavy atom. The van der Waals surface area contributed by atoms with Crippen LogP contribution in [0.2, 0.25) is 0 Å². The minimum absolute atomic E-state index is 0.0512. The van der Waals surface area contributed by atoms with Crippen molar-refractivity contribution in [3.05, 3.63) is 41.1 Å². The molecule has 1 aliphatic carbocycles. The zero-order valence-electron chi connectivity index (χ0n) is 19.1. The molecular weight excluding hydrogens is 382 g/mol. The molecule has 0 spiro atoms. The van der Waals surface area contributed by atoms with Gasteiger partial charge in [0.15, 0.2) is 0 Å². The van der Waals surface area contributed by atoms with E-state index >= 15 is 0 Å². The van der Waals surface area contributed by atoms with Gasteiger partial charge in [-0.2, -0.15) is 0 Å². The second kappa shape index (κ2) is 10.8. The molecule has 0 atom stereocenters. The maximum absolute atomic E-state index is 14.7. The SMILES string of the molecule is CCCCN(CC)C(=O)C(C)=N/C(C)=C(\C)c1ccc(C(F)(F)C2CCCC2)cc1. The summed E-state index contributed by atoms with van der Waals surface area (Å²) >= 11 is 0. The Morgan fingerprint density at radius 1 is 1.10 bits per heavy atom. The lowest BCUT2D eigenvalue weighted by atomic mass is 9.92. The van der Waals surface area contributed by atoms with E-state index in [0.29, 0.717) is 25.1 Å². The molecule has 0 bridgehead atoms. The van der Waals surface area contributed by atoms with E-state index in [1.54, 1.807) is 19.1 Å². The molecule has 0 unspecified atom stereocenters. The van der Waals surface area contributed by atoms with Crippen LogP contribution in [-0.2, 0) is 10.7 Å². The van der Waals surface area contributed by atoms with Crippen molar-refractivity contribution < 1.29 is 13.6 Å². The highest BCUT2D eigenvalue weighted by molar-refractivity contribution is 6.38. The molecule has 0 aromatic heterocycles. The van der Waals surface area contributed by atoms with Crippen LogP contribution in [0.15, 0.2) is 35.0 Å². The number of allylic oxidation sites excluding steroid dienone is 2. The van der Waals surface area contributed by atoms with Crippen LogP contribution in [0.25, 0.3) is 5.57 Å². The summed E-state index contributed by atoms with van der Waals surface area (Å²) in [5.74, 6) is -3.37. The Morgan fingerprint density at radius 3 is 2.23 bits per heavy atom. The van der Waals surface area contributed by atoms with E-state index in [1.165, 1.54) is 12.1 Å². The lowest BCUT2D eigenvalue weighted by Crippen LogP contribution is -2.36. The second-order valence-corrected chi connectivity index (χ2v) is 8.33. The molecule has 3 nitrogen and oxygen atoms in total. The topological polar surface area (TPSA) is 32.7 Å². The van der Waals surface area contributed by atoms with Gasteiger partial charge in [-0.25, -0.2) is 8.78 Å². The summed E-state index contributed by atoms with van der Waals surface area (Å²) in [7, 11) is 0. The zero-order chi connectivity index (χ0) is 22.3. The van der Waals surface area contributed by atoms with Gasteiger partial charge in [0, 0.05) is 30.3 Å². The Hall–Kier alpha value is -2.04. The van der Waals surface area contributed by atoms with Crippen molar-refractivity contribution in [3.8, 4) is 0 Å². The first-order valence-corrected chi connectivity index (χ1v) is 11.2. The fourth-order valence-corrected chi connectivity index (χ4v) is 4.04. The number of amides is 1. The number of rotatable bonds is 9. The number of unbranched alkanes of at least 4 members (excludes halogenated alkanes) is 1. The minimum Gasteiger partial charge on any atom is -0.338 e. The van der Waals surface area contributed by atoms with Crippen molar-refractivity contribution >= 4 is 17.2 Å². The van der Waals surface area contributed by atoms with Gasteiger partial charge in [-0.05, 0) is 58.1 Å². The molecule has 1 aromatic carbocycles. The molecule has 2 rings (SSSR count). The summed E-state index contributed by atoms with van der Waals surface area (Å²) in [6, 6.07) is 6.55. The highest BCUT2D eigenvalue weighted by atomic mass is 19.3. The fourth-order valence-electron chi connectivity index (χ4n) is 4.04. The predicted octanol–water partition coefficient (Wildman–Crippen LogP) is 6.83. The summed E-state index contributed by atoms with van der Waals surface area (Å²) < 4.78 is 29.5. The summed E-state index contributed by atoms with van der Waals surface area (Å²) in [5.41, 5.74) is 3.00. The lowest BCUT2D eigenvalue weighted by molar-refractivity contribution is -0.124. The van der Waals surface area contributed by atoms with E-state index in [0.717, 1.165) is 49.1 Å². The third-order valence-electron chi connectivity index (χ3n) is 6.21. The van der Waals surface area contributed by atoms with Crippen molar-refractivity contribution in [2.24, 2.45) is 10.9 Å². The fraction of sp³-hybridized carbons (Fsp3) is 0.600. The highest BCUT2D eigenvalue weighted by Gasteiger charge is 2.42. The van der Waals surface area contributed by atoms with Crippen LogP contribution in [0, 0.1) is 5.92 Å². The van der Waals surface area contributed by atoms with E-state index in [9.17, 15) is 13.6 Å². The van der Waals surface area contributed by atoms with Crippen molar-refractivity contribution in [1.82, 2.24) is 4.90 Å². The molecule has 30 heavy (non-hydrogen) atoms.